The van der Waals surface area contributed by atoms with E-state index in [1.807, 2.05) is 6.07 Å². The predicted octanol–water partition coefficient (Wildman–Crippen LogP) is 2.58. The molecule has 0 aliphatic rings. The van der Waals surface area contributed by atoms with E-state index in [-0.39, 0.29) is 11.4 Å². The molecule has 0 saturated heterocycles. The molecule has 1 aromatic carbocycles. The van der Waals surface area contributed by atoms with E-state index in [4.69, 9.17) is 4.52 Å². The zero-order chi connectivity index (χ0) is 8.72. The fraction of sp³-hybridized carbons (Fsp3) is 0.222. The first kappa shape index (κ1) is 7.28. The number of fused-ring (bicyclic) bond motifs is 1. The summed E-state index contributed by atoms with van der Waals surface area (Å²) in [7, 11) is 0. The Labute approximate surface area is 69.0 Å². The molecular weight excluding hydrogens is 157 g/mol. The Hall–Kier alpha value is -1.38. The minimum absolute atomic E-state index is 0.257. The lowest BCUT2D eigenvalue weighted by molar-refractivity contribution is 0.434. The van der Waals surface area contributed by atoms with Gasteiger partial charge in [-0.2, -0.15) is 0 Å². The molecule has 0 aliphatic heterocycles. The molecule has 1 aromatic heterocycles. The van der Waals surface area contributed by atoms with E-state index in [0.717, 1.165) is 11.1 Å². The van der Waals surface area contributed by atoms with E-state index in [1.54, 1.807) is 19.9 Å². The highest BCUT2D eigenvalue weighted by molar-refractivity contribution is 5.80. The van der Waals surface area contributed by atoms with Gasteiger partial charge in [-0.25, -0.2) is 4.39 Å². The molecule has 0 bridgehead atoms. The summed E-state index contributed by atoms with van der Waals surface area (Å²) in [5.74, 6) is -0.312. The van der Waals surface area contributed by atoms with Crippen molar-refractivity contribution in [2.45, 2.75) is 13.8 Å². The molecule has 0 amide bonds. The Morgan fingerprint density at radius 1 is 1.33 bits per heavy atom. The summed E-state index contributed by atoms with van der Waals surface area (Å²) in [5.41, 5.74) is 1.56. The van der Waals surface area contributed by atoms with E-state index < -0.39 is 0 Å². The summed E-state index contributed by atoms with van der Waals surface area (Å²) in [4.78, 5) is 0. The third-order valence-electron chi connectivity index (χ3n) is 1.95. The van der Waals surface area contributed by atoms with E-state index in [9.17, 15) is 4.39 Å². The molecule has 0 saturated carbocycles. The zero-order valence-corrected chi connectivity index (χ0v) is 6.89. The van der Waals surface area contributed by atoms with Crippen LogP contribution in [0.3, 0.4) is 0 Å². The van der Waals surface area contributed by atoms with Crippen LogP contribution in [0.5, 0.6) is 0 Å². The van der Waals surface area contributed by atoms with Gasteiger partial charge in [0.1, 0.15) is 0 Å². The van der Waals surface area contributed by atoms with Crippen LogP contribution in [0.1, 0.15) is 11.3 Å². The van der Waals surface area contributed by atoms with E-state index >= 15 is 0 Å². The number of benzene rings is 1. The Bertz CT molecular complexity index is 433. The van der Waals surface area contributed by atoms with Crippen LogP contribution in [0.2, 0.25) is 0 Å². The molecule has 2 aromatic rings. The number of rotatable bonds is 0. The Kier molecular flexibility index (Phi) is 1.40. The highest BCUT2D eigenvalue weighted by atomic mass is 19.1. The highest BCUT2D eigenvalue weighted by Crippen LogP contribution is 2.22. The molecule has 12 heavy (non-hydrogen) atoms. The Morgan fingerprint density at radius 2 is 2.08 bits per heavy atom. The lowest BCUT2D eigenvalue weighted by atomic mass is 10.1. The van der Waals surface area contributed by atoms with Gasteiger partial charge in [0, 0.05) is 5.39 Å². The molecule has 0 fully saturated rings. The first-order valence-electron chi connectivity index (χ1n) is 3.71. The van der Waals surface area contributed by atoms with Gasteiger partial charge >= 0.3 is 0 Å². The van der Waals surface area contributed by atoms with Crippen LogP contribution in [0.25, 0.3) is 11.0 Å². The average molecular weight is 165 g/mol. The van der Waals surface area contributed by atoms with Crippen LogP contribution in [0, 0.1) is 19.7 Å². The fourth-order valence-electron chi connectivity index (χ4n) is 1.19. The molecule has 3 heteroatoms. The third kappa shape index (κ3) is 0.826. The van der Waals surface area contributed by atoms with E-state index in [0.29, 0.717) is 5.56 Å². The molecule has 0 unspecified atom stereocenters. The van der Waals surface area contributed by atoms with Gasteiger partial charge in [-0.3, -0.25) is 0 Å². The summed E-state index contributed by atoms with van der Waals surface area (Å²) in [6, 6.07) is 3.54. The summed E-state index contributed by atoms with van der Waals surface area (Å²) in [5, 5.41) is 4.43. The highest BCUT2D eigenvalue weighted by Gasteiger charge is 2.10. The van der Waals surface area contributed by atoms with Gasteiger partial charge in [0.15, 0.2) is 5.82 Å². The van der Waals surface area contributed by atoms with Crippen molar-refractivity contribution in [3.05, 3.63) is 29.2 Å². The summed E-state index contributed by atoms with van der Waals surface area (Å²) in [6.07, 6.45) is 0. The van der Waals surface area contributed by atoms with Crippen LogP contribution < -0.4 is 0 Å². The number of aromatic nitrogens is 1. The van der Waals surface area contributed by atoms with Crippen molar-refractivity contribution in [3.8, 4) is 0 Å². The van der Waals surface area contributed by atoms with Gasteiger partial charge in [0.2, 0.25) is 5.58 Å². The fourth-order valence-corrected chi connectivity index (χ4v) is 1.19. The first-order chi connectivity index (χ1) is 5.70. The monoisotopic (exact) mass is 165 g/mol. The summed E-state index contributed by atoms with van der Waals surface area (Å²) >= 11 is 0. The second-order valence-electron chi connectivity index (χ2n) is 2.84. The maximum Gasteiger partial charge on any atom is 0.202 e. The second-order valence-corrected chi connectivity index (χ2v) is 2.84. The van der Waals surface area contributed by atoms with Crippen molar-refractivity contribution in [2.24, 2.45) is 0 Å². The van der Waals surface area contributed by atoms with Crippen LogP contribution in [0.4, 0.5) is 4.39 Å². The van der Waals surface area contributed by atoms with Crippen molar-refractivity contribution in [1.82, 2.24) is 5.16 Å². The lowest BCUT2D eigenvalue weighted by Crippen LogP contribution is -1.81. The van der Waals surface area contributed by atoms with Crippen LogP contribution in [-0.2, 0) is 0 Å². The smallest absolute Gasteiger partial charge is 0.202 e. The topological polar surface area (TPSA) is 26.0 Å². The van der Waals surface area contributed by atoms with Crippen LogP contribution >= 0.6 is 0 Å². The lowest BCUT2D eigenvalue weighted by Gasteiger charge is -1.93. The van der Waals surface area contributed by atoms with Crippen molar-refractivity contribution in [3.63, 3.8) is 0 Å². The average Bonchev–Trinajstić information content (AvgIpc) is 2.41. The predicted molar refractivity (Wildman–Crippen MR) is 43.4 cm³/mol. The van der Waals surface area contributed by atoms with Gasteiger partial charge in [-0.05, 0) is 25.5 Å². The van der Waals surface area contributed by atoms with Gasteiger partial charge in [0.05, 0.1) is 5.69 Å². The molecule has 0 atom stereocenters. The van der Waals surface area contributed by atoms with Gasteiger partial charge in [-0.1, -0.05) is 11.2 Å². The minimum Gasteiger partial charge on any atom is -0.353 e. The quantitative estimate of drug-likeness (QED) is 0.599. The number of aryl methyl sites for hydroxylation is 2. The SMILES string of the molecule is Cc1ccc2c(C)noc2c1F. The molecule has 1 heterocycles. The molecule has 62 valence electrons. The standard InChI is InChI=1S/C9H8FNO/c1-5-3-4-7-6(2)11-12-9(7)8(5)10/h3-4H,1-2H3. The van der Waals surface area contributed by atoms with Crippen molar-refractivity contribution in [2.75, 3.05) is 0 Å². The van der Waals surface area contributed by atoms with Crippen LogP contribution in [0.15, 0.2) is 16.7 Å². The van der Waals surface area contributed by atoms with Crippen LogP contribution in [-0.4, -0.2) is 5.16 Å². The van der Waals surface area contributed by atoms with Gasteiger partial charge in [0.25, 0.3) is 0 Å². The third-order valence-corrected chi connectivity index (χ3v) is 1.95. The summed E-state index contributed by atoms with van der Waals surface area (Å²) < 4.78 is 18.1. The number of hydrogen-bond donors (Lipinski definition) is 0. The molecular formula is C9H8FNO. The zero-order valence-electron chi connectivity index (χ0n) is 6.89. The molecule has 0 N–H and O–H groups in total. The molecule has 0 spiro atoms. The molecule has 0 aliphatic carbocycles. The first-order valence-corrected chi connectivity index (χ1v) is 3.71. The molecule has 0 radical (unpaired) electrons. The Balaban J connectivity index is 2.93. The molecule has 2 rings (SSSR count). The minimum atomic E-state index is -0.312. The molecule has 2 nitrogen and oxygen atoms in total. The van der Waals surface area contributed by atoms with Gasteiger partial charge < -0.3 is 4.52 Å². The van der Waals surface area contributed by atoms with E-state index in [1.165, 1.54) is 0 Å². The van der Waals surface area contributed by atoms with E-state index in [2.05, 4.69) is 5.16 Å². The second kappa shape index (κ2) is 2.30. The maximum absolute atomic E-state index is 13.3. The van der Waals surface area contributed by atoms with Gasteiger partial charge in [-0.15, -0.1) is 0 Å². The maximum atomic E-state index is 13.3. The Morgan fingerprint density at radius 3 is 2.83 bits per heavy atom. The summed E-state index contributed by atoms with van der Waals surface area (Å²) in [6.45, 7) is 3.49. The number of halogens is 1. The van der Waals surface area contributed by atoms with Crippen molar-refractivity contribution >= 4 is 11.0 Å². The normalized spacial score (nSPS) is 10.9. The number of nitrogens with zero attached hydrogens (tertiary/aromatic N) is 1. The van der Waals surface area contributed by atoms with Crippen molar-refractivity contribution < 1.29 is 8.91 Å². The largest absolute Gasteiger partial charge is 0.353 e. The van der Waals surface area contributed by atoms with Crippen molar-refractivity contribution in [1.29, 1.82) is 0 Å². The number of hydrogen-bond acceptors (Lipinski definition) is 2.